The molecule has 18 heavy (non-hydrogen) atoms. The van der Waals surface area contributed by atoms with E-state index in [-0.39, 0.29) is 5.75 Å². The third kappa shape index (κ3) is 1.62. The number of rotatable bonds is 1. The first-order valence-electron chi connectivity index (χ1n) is 5.38. The highest BCUT2D eigenvalue weighted by Gasteiger charge is 2.12. The molecular weight excluding hydrogens is 230 g/mol. The Kier molecular flexibility index (Phi) is 2.13. The molecule has 0 amide bonds. The molecule has 0 spiro atoms. The van der Waals surface area contributed by atoms with Crippen molar-refractivity contribution in [3.05, 3.63) is 36.4 Å². The molecule has 0 aliphatic rings. The first-order valence-corrected chi connectivity index (χ1v) is 5.38. The van der Waals surface area contributed by atoms with Gasteiger partial charge in [-0.2, -0.15) is 0 Å². The number of phenols is 1. The van der Waals surface area contributed by atoms with Crippen molar-refractivity contribution in [2.45, 2.75) is 0 Å². The van der Waals surface area contributed by atoms with Crippen LogP contribution in [0.5, 0.6) is 5.75 Å². The summed E-state index contributed by atoms with van der Waals surface area (Å²) in [4.78, 5) is 4.29. The van der Waals surface area contributed by atoms with Crippen molar-refractivity contribution in [1.82, 2.24) is 4.98 Å². The smallest absolute Gasteiger partial charge is 0.231 e. The van der Waals surface area contributed by atoms with Gasteiger partial charge in [-0.15, -0.1) is 0 Å². The molecule has 0 atom stereocenters. The number of hydrogen-bond donors (Lipinski definition) is 3. The fourth-order valence-corrected chi connectivity index (χ4v) is 1.79. The minimum absolute atomic E-state index is 0.0366. The predicted octanol–water partition coefficient (Wildman–Crippen LogP) is 2.36. The Hall–Kier alpha value is -2.69. The minimum atomic E-state index is 0.0366. The molecule has 1 heterocycles. The van der Waals surface area contributed by atoms with Gasteiger partial charge in [0.25, 0.3) is 0 Å². The van der Waals surface area contributed by atoms with Crippen LogP contribution in [0.3, 0.4) is 0 Å². The maximum atomic E-state index is 9.82. The minimum Gasteiger partial charge on any atom is -0.507 e. The zero-order valence-electron chi connectivity index (χ0n) is 9.42. The van der Waals surface area contributed by atoms with Gasteiger partial charge in [0, 0.05) is 23.5 Å². The van der Waals surface area contributed by atoms with Crippen LogP contribution < -0.4 is 11.5 Å². The number of fused-ring (bicyclic) bond motifs is 1. The number of nitrogen functional groups attached to an aromatic ring is 2. The SMILES string of the molecule is Nc1ccc(-c2nc3ccc(N)cc3o2)c(O)c1. The lowest BCUT2D eigenvalue weighted by Crippen LogP contribution is -1.85. The molecule has 0 radical (unpaired) electrons. The van der Waals surface area contributed by atoms with E-state index in [9.17, 15) is 5.11 Å². The third-order valence-electron chi connectivity index (χ3n) is 2.66. The lowest BCUT2D eigenvalue weighted by molar-refractivity contribution is 0.474. The first kappa shape index (κ1) is 10.5. The zero-order valence-corrected chi connectivity index (χ0v) is 9.42. The summed E-state index contributed by atoms with van der Waals surface area (Å²) in [6, 6.07) is 10.0. The van der Waals surface area contributed by atoms with E-state index in [1.807, 2.05) is 0 Å². The number of benzene rings is 2. The van der Waals surface area contributed by atoms with Crippen LogP contribution in [0, 0.1) is 0 Å². The van der Waals surface area contributed by atoms with E-state index in [1.54, 1.807) is 30.3 Å². The second kappa shape index (κ2) is 3.66. The molecule has 0 saturated heterocycles. The quantitative estimate of drug-likeness (QED) is 0.568. The summed E-state index contributed by atoms with van der Waals surface area (Å²) in [5.41, 5.74) is 14.1. The van der Waals surface area contributed by atoms with Crippen LogP contribution in [0.15, 0.2) is 40.8 Å². The van der Waals surface area contributed by atoms with Crippen molar-refractivity contribution in [3.8, 4) is 17.2 Å². The van der Waals surface area contributed by atoms with Crippen LogP contribution in [0.25, 0.3) is 22.6 Å². The highest BCUT2D eigenvalue weighted by Crippen LogP contribution is 2.32. The summed E-state index contributed by atoms with van der Waals surface area (Å²) in [6.07, 6.45) is 0. The number of nitrogens with zero attached hydrogens (tertiary/aromatic N) is 1. The number of hydrogen-bond acceptors (Lipinski definition) is 5. The molecule has 5 N–H and O–H groups in total. The Balaban J connectivity index is 2.19. The van der Waals surface area contributed by atoms with Crippen molar-refractivity contribution >= 4 is 22.5 Å². The van der Waals surface area contributed by atoms with Gasteiger partial charge in [-0.25, -0.2) is 4.98 Å². The molecule has 0 aliphatic carbocycles. The Morgan fingerprint density at radius 1 is 1.00 bits per heavy atom. The first-order chi connectivity index (χ1) is 8.63. The number of aromatic nitrogens is 1. The molecule has 0 saturated carbocycles. The predicted molar refractivity (Wildman–Crippen MR) is 69.9 cm³/mol. The summed E-state index contributed by atoms with van der Waals surface area (Å²) in [5.74, 6) is 0.377. The van der Waals surface area contributed by atoms with Gasteiger partial charge in [0.1, 0.15) is 11.3 Å². The molecular formula is C13H11N3O2. The fraction of sp³-hybridized carbons (Fsp3) is 0. The Morgan fingerprint density at radius 2 is 1.72 bits per heavy atom. The normalized spacial score (nSPS) is 10.9. The van der Waals surface area contributed by atoms with Crippen molar-refractivity contribution in [2.75, 3.05) is 11.5 Å². The summed E-state index contributed by atoms with van der Waals surface area (Å²) in [7, 11) is 0. The number of anilines is 2. The average Bonchev–Trinajstić information content (AvgIpc) is 2.71. The summed E-state index contributed by atoms with van der Waals surface area (Å²) < 4.78 is 5.56. The van der Waals surface area contributed by atoms with E-state index in [1.165, 1.54) is 6.07 Å². The molecule has 3 rings (SSSR count). The van der Waals surface area contributed by atoms with E-state index >= 15 is 0 Å². The Labute approximate surface area is 103 Å². The Morgan fingerprint density at radius 3 is 2.50 bits per heavy atom. The number of oxazole rings is 1. The maximum absolute atomic E-state index is 9.82. The molecule has 3 aromatic rings. The van der Waals surface area contributed by atoms with Crippen LogP contribution >= 0.6 is 0 Å². The standard InChI is InChI=1S/C13H11N3O2/c14-7-1-3-9(11(17)5-7)13-16-10-4-2-8(15)6-12(10)18-13/h1-6,17H,14-15H2. The molecule has 2 aromatic carbocycles. The molecule has 0 fully saturated rings. The highest BCUT2D eigenvalue weighted by molar-refractivity contribution is 5.80. The van der Waals surface area contributed by atoms with E-state index in [0.29, 0.717) is 33.9 Å². The number of nitrogens with two attached hydrogens (primary N) is 2. The molecule has 0 unspecified atom stereocenters. The highest BCUT2D eigenvalue weighted by atomic mass is 16.3. The molecule has 0 aliphatic heterocycles. The summed E-state index contributed by atoms with van der Waals surface area (Å²) in [5, 5.41) is 9.82. The second-order valence-electron chi connectivity index (χ2n) is 4.02. The topological polar surface area (TPSA) is 98.3 Å². The summed E-state index contributed by atoms with van der Waals surface area (Å²) in [6.45, 7) is 0. The van der Waals surface area contributed by atoms with Crippen LogP contribution in [-0.2, 0) is 0 Å². The van der Waals surface area contributed by atoms with Crippen LogP contribution in [0.1, 0.15) is 0 Å². The van der Waals surface area contributed by atoms with Gasteiger partial charge in [-0.3, -0.25) is 0 Å². The Bertz CT molecular complexity index is 734. The lowest BCUT2D eigenvalue weighted by atomic mass is 10.2. The van der Waals surface area contributed by atoms with Gasteiger partial charge in [0.2, 0.25) is 5.89 Å². The molecule has 90 valence electrons. The van der Waals surface area contributed by atoms with E-state index in [0.717, 1.165) is 0 Å². The summed E-state index contributed by atoms with van der Waals surface area (Å²) >= 11 is 0. The van der Waals surface area contributed by atoms with Gasteiger partial charge in [0.05, 0.1) is 5.56 Å². The monoisotopic (exact) mass is 241 g/mol. The maximum Gasteiger partial charge on any atom is 0.231 e. The van der Waals surface area contributed by atoms with Crippen molar-refractivity contribution in [2.24, 2.45) is 0 Å². The van der Waals surface area contributed by atoms with Crippen LogP contribution in [0.4, 0.5) is 11.4 Å². The van der Waals surface area contributed by atoms with Gasteiger partial charge in [0.15, 0.2) is 5.58 Å². The molecule has 0 bridgehead atoms. The van der Waals surface area contributed by atoms with Crippen molar-refractivity contribution in [1.29, 1.82) is 0 Å². The lowest BCUT2D eigenvalue weighted by Gasteiger charge is -2.00. The van der Waals surface area contributed by atoms with Crippen LogP contribution in [-0.4, -0.2) is 10.1 Å². The van der Waals surface area contributed by atoms with Crippen molar-refractivity contribution < 1.29 is 9.52 Å². The largest absolute Gasteiger partial charge is 0.507 e. The molecule has 5 heteroatoms. The van der Waals surface area contributed by atoms with E-state index < -0.39 is 0 Å². The number of aromatic hydroxyl groups is 1. The fourth-order valence-electron chi connectivity index (χ4n) is 1.79. The van der Waals surface area contributed by atoms with E-state index in [4.69, 9.17) is 15.9 Å². The van der Waals surface area contributed by atoms with Gasteiger partial charge in [-0.05, 0) is 24.3 Å². The van der Waals surface area contributed by atoms with Gasteiger partial charge in [-0.1, -0.05) is 0 Å². The number of phenolic OH excluding ortho intramolecular Hbond substituents is 1. The van der Waals surface area contributed by atoms with E-state index in [2.05, 4.69) is 4.98 Å². The second-order valence-corrected chi connectivity index (χ2v) is 4.02. The van der Waals surface area contributed by atoms with Crippen LogP contribution in [0.2, 0.25) is 0 Å². The van der Waals surface area contributed by atoms with Gasteiger partial charge >= 0.3 is 0 Å². The molecule has 5 nitrogen and oxygen atoms in total. The van der Waals surface area contributed by atoms with Gasteiger partial charge < -0.3 is 21.0 Å². The molecule has 1 aromatic heterocycles. The third-order valence-corrected chi connectivity index (χ3v) is 2.66. The van der Waals surface area contributed by atoms with Crippen molar-refractivity contribution in [3.63, 3.8) is 0 Å². The average molecular weight is 241 g/mol. The zero-order chi connectivity index (χ0) is 12.7.